The summed E-state index contributed by atoms with van der Waals surface area (Å²) < 4.78 is 2.24. The average molecular weight is 332 g/mol. The molecule has 0 radical (unpaired) electrons. The van der Waals surface area contributed by atoms with Crippen molar-refractivity contribution in [2.75, 3.05) is 33.2 Å². The Hall–Kier alpha value is -1.56. The number of nitrogens with one attached hydrogen (secondary N) is 1. The molecule has 3 heterocycles. The average Bonchev–Trinajstić information content (AvgIpc) is 3.28. The molecule has 2 saturated heterocycles. The molecule has 3 rings (SSSR count). The molecule has 6 nitrogen and oxygen atoms in total. The Morgan fingerprint density at radius 1 is 1.33 bits per heavy atom. The minimum atomic E-state index is 0.622. The van der Waals surface area contributed by atoms with Gasteiger partial charge in [0.25, 0.3) is 0 Å². The lowest BCUT2D eigenvalue weighted by Crippen LogP contribution is -2.42. The Bertz CT molecular complexity index is 543. The van der Waals surface area contributed by atoms with Crippen molar-refractivity contribution in [3.63, 3.8) is 0 Å². The van der Waals surface area contributed by atoms with Crippen molar-refractivity contribution in [2.45, 2.75) is 52.2 Å². The van der Waals surface area contributed by atoms with E-state index in [4.69, 9.17) is 0 Å². The monoisotopic (exact) mass is 332 g/mol. The van der Waals surface area contributed by atoms with Gasteiger partial charge in [-0.3, -0.25) is 9.89 Å². The quantitative estimate of drug-likeness (QED) is 0.660. The molecule has 2 aliphatic rings. The molecular weight excluding hydrogens is 300 g/mol. The van der Waals surface area contributed by atoms with Gasteiger partial charge in [0.05, 0.1) is 6.54 Å². The molecule has 1 unspecified atom stereocenters. The molecule has 0 spiro atoms. The summed E-state index contributed by atoms with van der Waals surface area (Å²) in [6, 6.07) is 0.703. The van der Waals surface area contributed by atoms with Gasteiger partial charge >= 0.3 is 0 Å². The zero-order valence-corrected chi connectivity index (χ0v) is 15.4. The first-order valence-electron chi connectivity index (χ1n) is 9.37. The van der Waals surface area contributed by atoms with Gasteiger partial charge in [-0.1, -0.05) is 13.8 Å². The molecule has 2 aliphatic heterocycles. The number of nitrogens with zero attached hydrogens (tertiary/aromatic N) is 5. The van der Waals surface area contributed by atoms with Crippen LogP contribution in [-0.4, -0.2) is 64.6 Å². The third kappa shape index (κ3) is 4.09. The molecule has 0 aromatic carbocycles. The molecule has 6 heteroatoms. The van der Waals surface area contributed by atoms with Crippen molar-refractivity contribution in [3.8, 4) is 0 Å². The van der Waals surface area contributed by atoms with Gasteiger partial charge in [0.1, 0.15) is 5.82 Å². The van der Waals surface area contributed by atoms with E-state index in [0.717, 1.165) is 38.0 Å². The molecule has 0 amide bonds. The minimum absolute atomic E-state index is 0.622. The first-order chi connectivity index (χ1) is 11.7. The molecule has 0 saturated carbocycles. The summed E-state index contributed by atoms with van der Waals surface area (Å²) in [6.45, 7) is 11.0. The predicted octanol–water partition coefficient (Wildman–Crippen LogP) is 1.78. The van der Waals surface area contributed by atoms with Crippen LogP contribution < -0.4 is 5.32 Å². The van der Waals surface area contributed by atoms with Crippen molar-refractivity contribution in [2.24, 2.45) is 10.9 Å². The van der Waals surface area contributed by atoms with Crippen LogP contribution in [0.4, 0.5) is 0 Å². The number of guanidine groups is 1. The molecule has 1 aromatic heterocycles. The van der Waals surface area contributed by atoms with Gasteiger partial charge in [0, 0.05) is 45.1 Å². The number of imidazole rings is 1. The third-order valence-electron chi connectivity index (χ3n) is 5.10. The lowest BCUT2D eigenvalue weighted by molar-refractivity contribution is 0.249. The fraction of sp³-hybridized carbons (Fsp3) is 0.778. The maximum atomic E-state index is 4.50. The summed E-state index contributed by atoms with van der Waals surface area (Å²) in [5, 5.41) is 3.51. The second-order valence-electron chi connectivity index (χ2n) is 7.42. The molecule has 1 atom stereocenters. The summed E-state index contributed by atoms with van der Waals surface area (Å²) in [6.07, 6.45) is 7.94. The van der Waals surface area contributed by atoms with Crippen LogP contribution >= 0.6 is 0 Å². The lowest BCUT2D eigenvalue weighted by atomic mass is 10.2. The van der Waals surface area contributed by atoms with Gasteiger partial charge in [0.15, 0.2) is 5.96 Å². The van der Waals surface area contributed by atoms with Gasteiger partial charge in [-0.15, -0.1) is 0 Å². The normalized spacial score (nSPS) is 22.8. The summed E-state index contributed by atoms with van der Waals surface area (Å²) in [7, 11) is 1.88. The Morgan fingerprint density at radius 2 is 2.12 bits per heavy atom. The predicted molar refractivity (Wildman–Crippen MR) is 98.0 cm³/mol. The molecule has 0 aliphatic carbocycles. The fourth-order valence-corrected chi connectivity index (χ4v) is 3.90. The van der Waals surface area contributed by atoms with Gasteiger partial charge < -0.3 is 14.8 Å². The first kappa shape index (κ1) is 17.3. The number of hydrogen-bond donors (Lipinski definition) is 1. The van der Waals surface area contributed by atoms with E-state index < -0.39 is 0 Å². The van der Waals surface area contributed by atoms with E-state index in [1.54, 1.807) is 0 Å². The van der Waals surface area contributed by atoms with Crippen molar-refractivity contribution in [3.05, 3.63) is 18.2 Å². The van der Waals surface area contributed by atoms with Crippen LogP contribution in [0.5, 0.6) is 0 Å². The second-order valence-corrected chi connectivity index (χ2v) is 7.42. The number of aliphatic imine (C=N–C) groups is 1. The summed E-state index contributed by atoms with van der Waals surface area (Å²) in [5.74, 6) is 2.72. The van der Waals surface area contributed by atoms with Gasteiger partial charge in [-0.2, -0.15) is 0 Å². The van der Waals surface area contributed by atoms with Crippen LogP contribution in [0.3, 0.4) is 0 Å². The maximum absolute atomic E-state index is 4.50. The summed E-state index contributed by atoms with van der Waals surface area (Å²) in [5.41, 5.74) is 0. The van der Waals surface area contributed by atoms with Crippen LogP contribution in [-0.2, 0) is 13.1 Å². The SMILES string of the molecule is CN=C(NCc1nccn1CC(C)C)N1CCC(N2CCCC2)C1. The van der Waals surface area contributed by atoms with E-state index in [0.29, 0.717) is 12.0 Å². The van der Waals surface area contributed by atoms with Crippen molar-refractivity contribution < 1.29 is 0 Å². The van der Waals surface area contributed by atoms with Crippen molar-refractivity contribution in [1.29, 1.82) is 0 Å². The largest absolute Gasteiger partial charge is 0.349 e. The minimum Gasteiger partial charge on any atom is -0.349 e. The number of likely N-dealkylation sites (tertiary alicyclic amines) is 2. The third-order valence-corrected chi connectivity index (χ3v) is 5.10. The number of rotatable bonds is 5. The zero-order valence-electron chi connectivity index (χ0n) is 15.4. The molecule has 0 bridgehead atoms. The van der Waals surface area contributed by atoms with Crippen LogP contribution in [0.2, 0.25) is 0 Å². The highest BCUT2D eigenvalue weighted by Gasteiger charge is 2.30. The van der Waals surface area contributed by atoms with Crippen molar-refractivity contribution >= 4 is 5.96 Å². The standard InChI is InChI=1S/C18H32N6/c1-15(2)13-23-11-7-20-17(23)12-21-18(19-3)24-10-6-16(14-24)22-8-4-5-9-22/h7,11,15-16H,4-6,8-10,12-14H2,1-3H3,(H,19,21). The molecule has 1 N–H and O–H groups in total. The highest BCUT2D eigenvalue weighted by atomic mass is 15.3. The molecule has 1 aromatic rings. The Balaban J connectivity index is 1.53. The van der Waals surface area contributed by atoms with Crippen LogP contribution in [0.25, 0.3) is 0 Å². The number of aromatic nitrogens is 2. The van der Waals surface area contributed by atoms with Gasteiger partial charge in [0.2, 0.25) is 0 Å². The summed E-state index contributed by atoms with van der Waals surface area (Å²) in [4.78, 5) is 14.1. The van der Waals surface area contributed by atoms with Crippen molar-refractivity contribution in [1.82, 2.24) is 24.7 Å². The van der Waals surface area contributed by atoms with E-state index >= 15 is 0 Å². The molecule has 2 fully saturated rings. The van der Waals surface area contributed by atoms with E-state index in [-0.39, 0.29) is 0 Å². The molecule has 24 heavy (non-hydrogen) atoms. The van der Waals surface area contributed by atoms with Gasteiger partial charge in [-0.05, 0) is 38.3 Å². The maximum Gasteiger partial charge on any atom is 0.194 e. The van der Waals surface area contributed by atoms with E-state index in [1.807, 2.05) is 13.2 Å². The van der Waals surface area contributed by atoms with E-state index in [9.17, 15) is 0 Å². The highest BCUT2D eigenvalue weighted by molar-refractivity contribution is 5.80. The molecular formula is C18H32N6. The van der Waals surface area contributed by atoms with Crippen LogP contribution in [0.1, 0.15) is 38.9 Å². The zero-order chi connectivity index (χ0) is 16.9. The van der Waals surface area contributed by atoms with Crippen LogP contribution in [0.15, 0.2) is 17.4 Å². The lowest BCUT2D eigenvalue weighted by Gasteiger charge is -2.25. The van der Waals surface area contributed by atoms with E-state index in [1.165, 1.54) is 32.4 Å². The molecule has 134 valence electrons. The number of hydrogen-bond acceptors (Lipinski definition) is 3. The van der Waals surface area contributed by atoms with E-state index in [2.05, 4.69) is 49.7 Å². The fourth-order valence-electron chi connectivity index (χ4n) is 3.90. The smallest absolute Gasteiger partial charge is 0.194 e. The second kappa shape index (κ2) is 8.01. The topological polar surface area (TPSA) is 48.7 Å². The highest BCUT2D eigenvalue weighted by Crippen LogP contribution is 2.20. The van der Waals surface area contributed by atoms with Crippen LogP contribution in [0, 0.1) is 5.92 Å². The Labute approximate surface area is 145 Å². The van der Waals surface area contributed by atoms with Gasteiger partial charge in [-0.25, -0.2) is 4.98 Å². The first-order valence-corrected chi connectivity index (χ1v) is 9.37. The summed E-state index contributed by atoms with van der Waals surface area (Å²) >= 11 is 0. The Kier molecular flexibility index (Phi) is 5.76. The Morgan fingerprint density at radius 3 is 2.83 bits per heavy atom.